The summed E-state index contributed by atoms with van der Waals surface area (Å²) >= 11 is 0. The van der Waals surface area contributed by atoms with Crippen LogP contribution in [0.25, 0.3) is 11.0 Å². The predicted molar refractivity (Wildman–Crippen MR) is 128 cm³/mol. The van der Waals surface area contributed by atoms with Gasteiger partial charge < -0.3 is 15.3 Å². The molecule has 35 heavy (non-hydrogen) atoms. The van der Waals surface area contributed by atoms with Crippen molar-refractivity contribution in [2.75, 3.05) is 23.3 Å². The van der Waals surface area contributed by atoms with E-state index in [1.807, 2.05) is 13.0 Å². The fraction of sp³-hybridized carbons (Fsp3) is 0.385. The molecule has 9 heteroatoms. The molecule has 0 amide bonds. The molecule has 180 valence electrons. The third kappa shape index (κ3) is 4.61. The van der Waals surface area contributed by atoms with Crippen molar-refractivity contribution in [3.8, 4) is 6.07 Å². The van der Waals surface area contributed by atoms with Gasteiger partial charge in [0.05, 0.1) is 22.6 Å². The third-order valence-corrected chi connectivity index (χ3v) is 6.75. The number of para-hydroxylation sites is 1. The van der Waals surface area contributed by atoms with E-state index >= 15 is 0 Å². The molecule has 1 aliphatic heterocycles. The van der Waals surface area contributed by atoms with Gasteiger partial charge in [0, 0.05) is 37.2 Å². The van der Waals surface area contributed by atoms with Gasteiger partial charge in [0.1, 0.15) is 6.07 Å². The Labute approximate surface area is 201 Å². The highest BCUT2D eigenvalue weighted by Crippen LogP contribution is 2.43. The first-order chi connectivity index (χ1) is 16.8. The van der Waals surface area contributed by atoms with Gasteiger partial charge in [-0.1, -0.05) is 18.2 Å². The van der Waals surface area contributed by atoms with Crippen molar-refractivity contribution in [3.05, 3.63) is 58.8 Å². The number of carboxylic acids is 1. The number of halogens is 2. The number of rotatable bonds is 6. The van der Waals surface area contributed by atoms with E-state index in [0.29, 0.717) is 28.5 Å². The zero-order valence-corrected chi connectivity index (χ0v) is 19.3. The van der Waals surface area contributed by atoms with Gasteiger partial charge >= 0.3 is 5.97 Å². The van der Waals surface area contributed by atoms with Crippen LogP contribution in [-0.4, -0.2) is 40.1 Å². The van der Waals surface area contributed by atoms with Gasteiger partial charge in [-0.15, -0.1) is 0 Å². The van der Waals surface area contributed by atoms with Gasteiger partial charge in [0.15, 0.2) is 11.5 Å². The van der Waals surface area contributed by atoms with E-state index in [1.54, 1.807) is 29.2 Å². The second-order valence-corrected chi connectivity index (χ2v) is 9.32. The highest BCUT2D eigenvalue weighted by Gasteiger charge is 2.35. The van der Waals surface area contributed by atoms with Crippen LogP contribution in [0.4, 0.5) is 20.3 Å². The van der Waals surface area contributed by atoms with Crippen LogP contribution >= 0.6 is 0 Å². The Kier molecular flexibility index (Phi) is 5.75. The van der Waals surface area contributed by atoms with E-state index < -0.39 is 11.9 Å². The number of anilines is 2. The Morgan fingerprint density at radius 2 is 1.94 bits per heavy atom. The SMILES string of the molecule is CC(Nc1ccccc1C(=O)O)c1cc(C2CC2)cc2nc(C#N)c(N3CCC(F)(F)CC3)nc12. The molecule has 7 nitrogen and oxygen atoms in total. The molecule has 3 aromatic rings. The number of nitrogens with one attached hydrogen (secondary N) is 1. The summed E-state index contributed by atoms with van der Waals surface area (Å²) in [5, 5.41) is 22.6. The van der Waals surface area contributed by atoms with Crippen LogP contribution in [0.5, 0.6) is 0 Å². The smallest absolute Gasteiger partial charge is 0.337 e. The molecule has 1 unspecified atom stereocenters. The summed E-state index contributed by atoms with van der Waals surface area (Å²) in [5.41, 5.74) is 3.85. The van der Waals surface area contributed by atoms with Crippen molar-refractivity contribution in [1.29, 1.82) is 5.26 Å². The third-order valence-electron chi connectivity index (χ3n) is 6.75. The second kappa shape index (κ2) is 8.77. The molecule has 1 atom stereocenters. The average Bonchev–Trinajstić information content (AvgIpc) is 3.68. The Bertz CT molecular complexity index is 1340. The maximum absolute atomic E-state index is 13.7. The minimum absolute atomic E-state index is 0.0944. The molecule has 1 aliphatic carbocycles. The molecule has 0 bridgehead atoms. The van der Waals surface area contributed by atoms with Crippen LogP contribution in [-0.2, 0) is 0 Å². The lowest BCUT2D eigenvalue weighted by molar-refractivity contribution is -0.0221. The van der Waals surface area contributed by atoms with Gasteiger partial charge in [-0.3, -0.25) is 0 Å². The predicted octanol–water partition coefficient (Wildman–Crippen LogP) is 5.49. The number of carboxylic acid groups (broad SMARTS) is 1. The van der Waals surface area contributed by atoms with Crippen molar-refractivity contribution in [3.63, 3.8) is 0 Å². The van der Waals surface area contributed by atoms with E-state index in [-0.39, 0.29) is 43.2 Å². The van der Waals surface area contributed by atoms with Crippen LogP contribution in [0.2, 0.25) is 0 Å². The molecule has 2 N–H and O–H groups in total. The molecule has 2 fully saturated rings. The first-order valence-electron chi connectivity index (χ1n) is 11.7. The number of hydrogen-bond donors (Lipinski definition) is 2. The molecule has 1 saturated carbocycles. The molecule has 5 rings (SSSR count). The highest BCUT2D eigenvalue weighted by molar-refractivity contribution is 5.94. The van der Waals surface area contributed by atoms with Gasteiger partial charge in [0.2, 0.25) is 0 Å². The number of alkyl halides is 2. The summed E-state index contributed by atoms with van der Waals surface area (Å²) < 4.78 is 27.5. The van der Waals surface area contributed by atoms with Crippen molar-refractivity contribution in [2.24, 2.45) is 0 Å². The van der Waals surface area contributed by atoms with E-state index in [1.165, 1.54) is 0 Å². The summed E-state index contributed by atoms with van der Waals surface area (Å²) in [4.78, 5) is 22.8. The maximum Gasteiger partial charge on any atom is 0.337 e. The number of hydrogen-bond acceptors (Lipinski definition) is 6. The number of aromatic nitrogens is 2. The Hall–Kier alpha value is -3.80. The summed E-state index contributed by atoms with van der Waals surface area (Å²) in [5.74, 6) is -3.00. The lowest BCUT2D eigenvalue weighted by Gasteiger charge is -2.33. The van der Waals surface area contributed by atoms with Gasteiger partial charge in [-0.2, -0.15) is 5.26 Å². The molecule has 2 aliphatic rings. The van der Waals surface area contributed by atoms with Gasteiger partial charge in [-0.25, -0.2) is 23.5 Å². The number of benzene rings is 2. The summed E-state index contributed by atoms with van der Waals surface area (Å²) in [6.45, 7) is 2.11. The van der Waals surface area contributed by atoms with E-state index in [4.69, 9.17) is 4.98 Å². The first kappa shape index (κ1) is 23.0. The summed E-state index contributed by atoms with van der Waals surface area (Å²) in [6.07, 6.45) is 1.56. The fourth-order valence-corrected chi connectivity index (χ4v) is 4.63. The van der Waals surface area contributed by atoms with Gasteiger partial charge in [0.25, 0.3) is 5.92 Å². The van der Waals surface area contributed by atoms with Crippen LogP contribution in [0.15, 0.2) is 36.4 Å². The highest BCUT2D eigenvalue weighted by atomic mass is 19.3. The van der Waals surface area contributed by atoms with Gasteiger partial charge in [-0.05, 0) is 49.4 Å². The lowest BCUT2D eigenvalue weighted by Crippen LogP contribution is -2.40. The number of nitrogens with zero attached hydrogens (tertiary/aromatic N) is 4. The zero-order chi connectivity index (χ0) is 24.7. The first-order valence-corrected chi connectivity index (χ1v) is 11.7. The normalized spacial score (nSPS) is 18.2. The van der Waals surface area contributed by atoms with E-state index in [0.717, 1.165) is 24.0 Å². The Morgan fingerprint density at radius 1 is 1.23 bits per heavy atom. The van der Waals surface area contributed by atoms with Crippen LogP contribution in [0.3, 0.4) is 0 Å². The fourth-order valence-electron chi connectivity index (χ4n) is 4.63. The zero-order valence-electron chi connectivity index (χ0n) is 19.3. The van der Waals surface area contributed by atoms with Crippen LogP contribution < -0.4 is 10.2 Å². The number of fused-ring (bicyclic) bond motifs is 1. The average molecular weight is 478 g/mol. The maximum atomic E-state index is 13.7. The van der Waals surface area contributed by atoms with Crippen LogP contribution in [0, 0.1) is 11.3 Å². The largest absolute Gasteiger partial charge is 0.478 e. The van der Waals surface area contributed by atoms with E-state index in [9.17, 15) is 23.9 Å². The number of carbonyl (C=O) groups is 1. The Morgan fingerprint density at radius 3 is 2.60 bits per heavy atom. The Balaban J connectivity index is 1.59. The van der Waals surface area contributed by atoms with Crippen molar-refractivity contribution < 1.29 is 18.7 Å². The number of nitriles is 1. The quantitative estimate of drug-likeness (QED) is 0.484. The molecule has 0 spiro atoms. The van der Waals surface area contributed by atoms with Crippen molar-refractivity contribution >= 4 is 28.5 Å². The molecule has 2 heterocycles. The minimum atomic E-state index is -2.71. The van der Waals surface area contributed by atoms with Crippen molar-refractivity contribution in [1.82, 2.24) is 9.97 Å². The summed E-state index contributed by atoms with van der Waals surface area (Å²) in [7, 11) is 0. The second-order valence-electron chi connectivity index (χ2n) is 9.32. The molecular weight excluding hydrogens is 452 g/mol. The standard InChI is InChI=1S/C26H25F2N5O2/c1-15(30-20-5-3-2-4-18(20)25(34)35)19-12-17(16-6-7-16)13-21-23(19)32-24(22(14-29)31-21)33-10-8-26(27,28)9-11-33/h2-5,12-13,15-16,30H,6-11H2,1H3,(H,34,35). The summed E-state index contributed by atoms with van der Waals surface area (Å²) in [6, 6.07) is 12.5. The molecule has 0 radical (unpaired) electrons. The number of piperidine rings is 1. The van der Waals surface area contributed by atoms with Crippen molar-refractivity contribution in [2.45, 2.75) is 50.5 Å². The van der Waals surface area contributed by atoms with E-state index in [2.05, 4.69) is 22.4 Å². The minimum Gasteiger partial charge on any atom is -0.478 e. The molecular formula is C26H25F2N5O2. The lowest BCUT2D eigenvalue weighted by atomic mass is 9.99. The topological polar surface area (TPSA) is 102 Å². The molecule has 1 aromatic heterocycles. The molecule has 2 aromatic carbocycles. The molecule has 1 saturated heterocycles. The van der Waals surface area contributed by atoms with Crippen LogP contribution in [0.1, 0.15) is 71.7 Å². The number of aromatic carboxylic acids is 1. The monoisotopic (exact) mass is 477 g/mol.